The van der Waals surface area contributed by atoms with Gasteiger partial charge in [-0.2, -0.15) is 0 Å². The lowest BCUT2D eigenvalue weighted by Crippen LogP contribution is -2.29. The van der Waals surface area contributed by atoms with Crippen LogP contribution < -0.4 is 9.64 Å². The Morgan fingerprint density at radius 2 is 1.89 bits per heavy atom. The average molecular weight is 539 g/mol. The second-order valence-electron chi connectivity index (χ2n) is 8.58. The van der Waals surface area contributed by atoms with Crippen molar-refractivity contribution < 1.29 is 33.4 Å². The number of carbonyl (C=O) groups is 3. The minimum atomic E-state index is -1.17. The summed E-state index contributed by atoms with van der Waals surface area (Å²) in [5, 5.41) is 11.3. The number of aliphatic hydroxyl groups excluding tert-OH is 1. The first-order valence-electron chi connectivity index (χ1n) is 12.2. The molecule has 0 spiro atoms. The Bertz CT molecular complexity index is 1400. The van der Waals surface area contributed by atoms with E-state index in [1.54, 1.807) is 44.2 Å². The molecule has 1 fully saturated rings. The quantitative estimate of drug-likeness (QED) is 0.125. The highest BCUT2D eigenvalue weighted by atomic mass is 32.1. The molecule has 1 saturated heterocycles. The van der Waals surface area contributed by atoms with Gasteiger partial charge in [0.1, 0.15) is 22.2 Å². The maximum Gasteiger partial charge on any atom is 0.350 e. The van der Waals surface area contributed by atoms with Crippen molar-refractivity contribution in [3.63, 3.8) is 0 Å². The van der Waals surface area contributed by atoms with E-state index in [-0.39, 0.29) is 33.3 Å². The molecule has 198 valence electrons. The Morgan fingerprint density at radius 1 is 1.16 bits per heavy atom. The molecule has 3 aromatic rings. The number of nitrogens with zero attached hydrogens (tertiary/aromatic N) is 2. The van der Waals surface area contributed by atoms with E-state index in [1.807, 2.05) is 0 Å². The summed E-state index contributed by atoms with van der Waals surface area (Å²) >= 11 is 0.887. The van der Waals surface area contributed by atoms with Crippen LogP contribution in [0.15, 0.2) is 54.1 Å². The fourth-order valence-corrected chi connectivity index (χ4v) is 5.08. The fraction of sp³-hybridized carbons (Fsp3) is 0.286. The Labute approximate surface area is 223 Å². The number of halogens is 1. The van der Waals surface area contributed by atoms with Crippen LogP contribution >= 0.6 is 11.3 Å². The number of hydrogen-bond donors (Lipinski definition) is 1. The van der Waals surface area contributed by atoms with E-state index in [4.69, 9.17) is 9.47 Å². The van der Waals surface area contributed by atoms with Gasteiger partial charge in [0.2, 0.25) is 0 Å². The van der Waals surface area contributed by atoms with Gasteiger partial charge in [0.25, 0.3) is 5.78 Å². The topological polar surface area (TPSA) is 106 Å². The Kier molecular flexibility index (Phi) is 8.21. The predicted octanol–water partition coefficient (Wildman–Crippen LogP) is 5.57. The summed E-state index contributed by atoms with van der Waals surface area (Å²) in [5.41, 5.74) is 0.651. The maximum absolute atomic E-state index is 14.3. The molecule has 4 rings (SSSR count). The molecule has 2 heterocycles. The molecule has 1 amide bonds. The van der Waals surface area contributed by atoms with Gasteiger partial charge >= 0.3 is 11.9 Å². The number of aryl methyl sites for hydroxylation is 1. The molecule has 1 atom stereocenters. The van der Waals surface area contributed by atoms with Gasteiger partial charge in [0.15, 0.2) is 5.13 Å². The third-order valence-electron chi connectivity index (χ3n) is 5.96. The van der Waals surface area contributed by atoms with Crippen molar-refractivity contribution in [1.29, 1.82) is 0 Å². The molecule has 0 bridgehead atoms. The second kappa shape index (κ2) is 11.6. The normalized spacial score (nSPS) is 16.6. The summed E-state index contributed by atoms with van der Waals surface area (Å²) in [5.74, 6) is -2.91. The van der Waals surface area contributed by atoms with Gasteiger partial charge in [-0.15, -0.1) is 0 Å². The fourth-order valence-electron chi connectivity index (χ4n) is 4.09. The van der Waals surface area contributed by atoms with Crippen molar-refractivity contribution in [2.24, 2.45) is 0 Å². The molecule has 0 saturated carbocycles. The first kappa shape index (κ1) is 27.0. The number of esters is 1. The molecular formula is C28H27FN2O6S. The van der Waals surface area contributed by atoms with Crippen LogP contribution in [0.2, 0.25) is 0 Å². The third kappa shape index (κ3) is 5.31. The van der Waals surface area contributed by atoms with Gasteiger partial charge in [-0.1, -0.05) is 36.8 Å². The second-order valence-corrected chi connectivity index (χ2v) is 9.56. The molecule has 1 aliphatic heterocycles. The third-order valence-corrected chi connectivity index (χ3v) is 7.09. The number of benzene rings is 2. The number of ketones is 1. The van der Waals surface area contributed by atoms with Crippen molar-refractivity contribution in [3.8, 4) is 5.75 Å². The molecule has 1 unspecified atom stereocenters. The number of aromatic nitrogens is 1. The van der Waals surface area contributed by atoms with Crippen LogP contribution in [-0.2, 0) is 14.3 Å². The van der Waals surface area contributed by atoms with Crippen LogP contribution in [0.25, 0.3) is 5.76 Å². The zero-order valence-electron chi connectivity index (χ0n) is 21.2. The lowest BCUT2D eigenvalue weighted by atomic mass is 9.95. The van der Waals surface area contributed by atoms with Crippen molar-refractivity contribution in [1.82, 2.24) is 4.98 Å². The molecule has 10 heteroatoms. The van der Waals surface area contributed by atoms with Gasteiger partial charge < -0.3 is 14.6 Å². The van der Waals surface area contributed by atoms with Gasteiger partial charge in [0, 0.05) is 5.56 Å². The number of aliphatic hydroxyl groups is 1. The summed E-state index contributed by atoms with van der Waals surface area (Å²) < 4.78 is 25.0. The van der Waals surface area contributed by atoms with E-state index in [9.17, 15) is 23.9 Å². The number of ether oxygens (including phenoxy) is 2. The highest BCUT2D eigenvalue weighted by Gasteiger charge is 2.48. The number of Topliss-reactive ketones (excluding diaryl/α,β-unsaturated/α-hetero) is 1. The summed E-state index contributed by atoms with van der Waals surface area (Å²) in [6, 6.07) is 10.7. The number of hydrogen-bond acceptors (Lipinski definition) is 8. The van der Waals surface area contributed by atoms with Crippen LogP contribution in [0.3, 0.4) is 0 Å². The number of amides is 1. The molecular weight excluding hydrogens is 511 g/mol. The minimum Gasteiger partial charge on any atom is -0.507 e. The molecule has 1 aliphatic rings. The Balaban J connectivity index is 1.81. The van der Waals surface area contributed by atoms with E-state index in [0.29, 0.717) is 18.1 Å². The molecule has 1 N–H and O–H groups in total. The molecule has 0 radical (unpaired) electrons. The summed E-state index contributed by atoms with van der Waals surface area (Å²) in [4.78, 5) is 44.6. The van der Waals surface area contributed by atoms with E-state index < -0.39 is 35.3 Å². The Hall–Kier alpha value is -4.05. The van der Waals surface area contributed by atoms with Crippen molar-refractivity contribution in [2.45, 2.75) is 39.7 Å². The molecule has 2 aromatic carbocycles. The van der Waals surface area contributed by atoms with E-state index in [2.05, 4.69) is 11.9 Å². The maximum atomic E-state index is 14.3. The van der Waals surface area contributed by atoms with Crippen LogP contribution in [0.5, 0.6) is 5.75 Å². The summed E-state index contributed by atoms with van der Waals surface area (Å²) in [6.07, 6.45) is 1.88. The van der Waals surface area contributed by atoms with E-state index >= 15 is 0 Å². The highest BCUT2D eigenvalue weighted by molar-refractivity contribution is 7.17. The largest absolute Gasteiger partial charge is 0.507 e. The number of carbonyl (C=O) groups excluding carboxylic acids is 3. The number of rotatable bonds is 9. The first-order valence-corrected chi connectivity index (χ1v) is 13.0. The monoisotopic (exact) mass is 538 g/mol. The number of thiazole rings is 1. The zero-order valence-corrected chi connectivity index (χ0v) is 22.0. The van der Waals surface area contributed by atoms with Crippen molar-refractivity contribution >= 4 is 39.9 Å². The molecule has 0 aliphatic carbocycles. The number of anilines is 1. The van der Waals surface area contributed by atoms with E-state index in [0.717, 1.165) is 29.1 Å². The minimum absolute atomic E-state index is 0.0561. The van der Waals surface area contributed by atoms with Crippen molar-refractivity contribution in [2.75, 3.05) is 18.1 Å². The smallest absolute Gasteiger partial charge is 0.350 e. The first-order chi connectivity index (χ1) is 18.3. The number of unbranched alkanes of at least 4 members (excludes halogenated alkanes) is 1. The highest BCUT2D eigenvalue weighted by Crippen LogP contribution is 2.44. The van der Waals surface area contributed by atoms with Crippen LogP contribution in [0.1, 0.15) is 59.2 Å². The van der Waals surface area contributed by atoms with Crippen LogP contribution in [-0.4, -0.2) is 41.0 Å². The van der Waals surface area contributed by atoms with Gasteiger partial charge in [-0.25, -0.2) is 14.2 Å². The zero-order chi connectivity index (χ0) is 27.4. The van der Waals surface area contributed by atoms with Gasteiger partial charge in [-0.3, -0.25) is 14.5 Å². The van der Waals surface area contributed by atoms with Gasteiger partial charge in [-0.05, 0) is 62.2 Å². The lowest BCUT2D eigenvalue weighted by molar-refractivity contribution is -0.132. The summed E-state index contributed by atoms with van der Waals surface area (Å²) in [7, 11) is 0. The SMILES string of the molecule is CCCCOc1ccc(/C(O)=C2\C(=O)C(=O)N(c3nc(C)c(C(=O)OCC)s3)C2c2cccc(F)c2)cc1. The van der Waals surface area contributed by atoms with Crippen LogP contribution in [0, 0.1) is 12.7 Å². The van der Waals surface area contributed by atoms with Gasteiger partial charge in [0.05, 0.1) is 30.5 Å². The molecule has 1 aromatic heterocycles. The van der Waals surface area contributed by atoms with E-state index in [1.165, 1.54) is 18.2 Å². The van der Waals surface area contributed by atoms with Crippen molar-refractivity contribution in [3.05, 3.63) is 81.6 Å². The molecule has 8 nitrogen and oxygen atoms in total. The average Bonchev–Trinajstić information content (AvgIpc) is 3.41. The molecule has 38 heavy (non-hydrogen) atoms. The standard InChI is InChI=1S/C28H27FN2O6S/c1-4-6-14-37-20-12-10-17(11-13-20)23(32)21-22(18-8-7-9-19(29)15-18)31(26(34)24(21)33)28-30-16(3)25(38-28)27(35)36-5-2/h7-13,15,22,32H,4-6,14H2,1-3H3/b23-21+. The van der Waals surface area contributed by atoms with Crippen LogP contribution in [0.4, 0.5) is 9.52 Å². The summed E-state index contributed by atoms with van der Waals surface area (Å²) in [6.45, 7) is 6.01. The predicted molar refractivity (Wildman–Crippen MR) is 141 cm³/mol. The Morgan fingerprint density at radius 3 is 2.55 bits per heavy atom. The lowest BCUT2D eigenvalue weighted by Gasteiger charge is -2.23.